The molecule has 0 aliphatic rings. The van der Waals surface area contributed by atoms with Crippen LogP contribution < -0.4 is 14.4 Å². The van der Waals surface area contributed by atoms with E-state index in [0.29, 0.717) is 22.9 Å². The minimum Gasteiger partial charge on any atom is -0.495 e. The number of nitrogens with one attached hydrogen (secondary N) is 1. The number of nitrogens with zero attached hydrogens (tertiary/aromatic N) is 2. The van der Waals surface area contributed by atoms with Crippen LogP contribution in [0, 0.1) is 13.8 Å². The van der Waals surface area contributed by atoms with Gasteiger partial charge in [-0.2, -0.15) is 0 Å². The Morgan fingerprint density at radius 3 is 2.52 bits per heavy atom. The third-order valence-electron chi connectivity index (χ3n) is 5.03. The van der Waals surface area contributed by atoms with Crippen LogP contribution in [0.2, 0.25) is 0 Å². The number of amides is 1. The molecule has 0 spiro atoms. The summed E-state index contributed by atoms with van der Waals surface area (Å²) >= 11 is 1.42. The van der Waals surface area contributed by atoms with Gasteiger partial charge >= 0.3 is 0 Å². The van der Waals surface area contributed by atoms with Gasteiger partial charge in [-0.05, 0) is 51.1 Å². The summed E-state index contributed by atoms with van der Waals surface area (Å²) in [6, 6.07) is 13.3. The highest BCUT2D eigenvalue weighted by Crippen LogP contribution is 2.31. The number of aryl methyl sites for hydroxylation is 2. The van der Waals surface area contributed by atoms with E-state index in [-0.39, 0.29) is 23.1 Å². The highest BCUT2D eigenvalue weighted by molar-refractivity contribution is 7.99. The summed E-state index contributed by atoms with van der Waals surface area (Å²) in [6.07, 6.45) is 0. The minimum absolute atomic E-state index is 0.0627. The number of rotatable bonds is 10. The summed E-state index contributed by atoms with van der Waals surface area (Å²) in [4.78, 5) is 12.6. The normalized spacial score (nSPS) is 11.3. The largest absolute Gasteiger partial charge is 0.495 e. The van der Waals surface area contributed by atoms with Crippen LogP contribution in [0.15, 0.2) is 57.9 Å². The van der Waals surface area contributed by atoms with Gasteiger partial charge in [-0.25, -0.2) is 8.42 Å². The first-order chi connectivity index (χ1) is 15.8. The number of methoxy groups -OCH3 is 1. The number of anilines is 2. The van der Waals surface area contributed by atoms with Crippen molar-refractivity contribution in [3.63, 3.8) is 0 Å². The lowest BCUT2D eigenvalue weighted by Gasteiger charge is -2.23. The van der Waals surface area contributed by atoms with Gasteiger partial charge in [0.15, 0.2) is 0 Å². The van der Waals surface area contributed by atoms with Crippen molar-refractivity contribution in [2.24, 2.45) is 0 Å². The van der Waals surface area contributed by atoms with Crippen molar-refractivity contribution in [2.45, 2.75) is 31.4 Å². The molecule has 0 atom stereocenters. The van der Waals surface area contributed by atoms with Crippen LogP contribution >= 0.6 is 11.8 Å². The number of hydrogen-bond acceptors (Lipinski definition) is 7. The minimum atomic E-state index is -3.84. The van der Waals surface area contributed by atoms with Crippen molar-refractivity contribution in [3.8, 4) is 5.75 Å². The van der Waals surface area contributed by atoms with Gasteiger partial charge in [0.1, 0.15) is 11.5 Å². The van der Waals surface area contributed by atoms with Gasteiger partial charge in [-0.3, -0.25) is 9.10 Å². The molecule has 3 aromatic rings. The molecule has 8 nitrogen and oxygen atoms in total. The summed E-state index contributed by atoms with van der Waals surface area (Å²) in [5, 5.41) is 6.69. The van der Waals surface area contributed by atoms with Crippen molar-refractivity contribution in [3.05, 3.63) is 65.5 Å². The van der Waals surface area contributed by atoms with Gasteiger partial charge in [0.2, 0.25) is 5.91 Å². The van der Waals surface area contributed by atoms with E-state index in [2.05, 4.69) is 10.5 Å². The van der Waals surface area contributed by atoms with Crippen molar-refractivity contribution in [1.29, 1.82) is 0 Å². The lowest BCUT2D eigenvalue weighted by molar-refractivity contribution is -0.113. The van der Waals surface area contributed by atoms with E-state index in [1.807, 2.05) is 19.9 Å². The maximum absolute atomic E-state index is 13.3. The first kappa shape index (κ1) is 24.7. The highest BCUT2D eigenvalue weighted by Gasteiger charge is 2.25. The van der Waals surface area contributed by atoms with Gasteiger partial charge in [0.25, 0.3) is 10.0 Å². The number of sulfonamides is 1. The number of carbonyl (C=O) groups excluding carboxylic acids is 1. The smallest absolute Gasteiger partial charge is 0.264 e. The summed E-state index contributed by atoms with van der Waals surface area (Å²) < 4.78 is 38.4. The van der Waals surface area contributed by atoms with Gasteiger partial charge in [-0.15, -0.1) is 11.8 Å². The molecule has 2 aromatic carbocycles. The van der Waals surface area contributed by atoms with E-state index < -0.39 is 10.0 Å². The molecule has 1 heterocycles. The molecule has 3 rings (SSSR count). The van der Waals surface area contributed by atoms with Gasteiger partial charge in [-0.1, -0.05) is 23.4 Å². The lowest BCUT2D eigenvalue weighted by atomic mass is 10.2. The van der Waals surface area contributed by atoms with Crippen LogP contribution in [0.25, 0.3) is 0 Å². The fourth-order valence-electron chi connectivity index (χ4n) is 3.30. The summed E-state index contributed by atoms with van der Waals surface area (Å²) in [6.45, 7) is 5.73. The fourth-order valence-corrected chi connectivity index (χ4v) is 5.77. The zero-order valence-electron chi connectivity index (χ0n) is 19.0. The molecule has 1 N–H and O–H groups in total. The van der Waals surface area contributed by atoms with Crippen molar-refractivity contribution in [2.75, 3.05) is 29.0 Å². The Labute approximate surface area is 198 Å². The number of benzene rings is 2. The second-order valence-corrected chi connectivity index (χ2v) is 10.1. The number of aromatic nitrogens is 1. The van der Waals surface area contributed by atoms with E-state index in [0.717, 1.165) is 17.0 Å². The topological polar surface area (TPSA) is 102 Å². The third-order valence-corrected chi connectivity index (χ3v) is 7.88. The van der Waals surface area contributed by atoms with Crippen LogP contribution in [0.4, 0.5) is 11.4 Å². The summed E-state index contributed by atoms with van der Waals surface area (Å²) in [7, 11) is -2.37. The number of carbonyl (C=O) groups is 1. The molecule has 0 unspecified atom stereocenters. The van der Waals surface area contributed by atoms with Crippen LogP contribution in [-0.2, 0) is 20.6 Å². The molecular formula is C23H27N3O5S2. The zero-order valence-corrected chi connectivity index (χ0v) is 20.6. The van der Waals surface area contributed by atoms with Crippen LogP contribution in [0.5, 0.6) is 5.75 Å². The second kappa shape index (κ2) is 10.8. The highest BCUT2D eigenvalue weighted by atomic mass is 32.2. The monoisotopic (exact) mass is 489 g/mol. The molecule has 10 heteroatoms. The molecule has 0 aliphatic carbocycles. The number of thioether (sulfide) groups is 1. The Hall–Kier alpha value is -2.98. The van der Waals surface area contributed by atoms with Crippen LogP contribution in [0.1, 0.15) is 23.9 Å². The third kappa shape index (κ3) is 5.69. The maximum Gasteiger partial charge on any atom is 0.264 e. The van der Waals surface area contributed by atoms with Gasteiger partial charge < -0.3 is 14.6 Å². The Morgan fingerprint density at radius 1 is 1.18 bits per heavy atom. The van der Waals surface area contributed by atoms with E-state index in [9.17, 15) is 13.2 Å². The molecule has 0 aliphatic heterocycles. The number of ether oxygens (including phenoxy) is 1. The quantitative estimate of drug-likeness (QED) is 0.451. The Morgan fingerprint density at radius 2 is 1.91 bits per heavy atom. The lowest BCUT2D eigenvalue weighted by Crippen LogP contribution is -2.30. The van der Waals surface area contributed by atoms with Crippen molar-refractivity contribution >= 4 is 39.1 Å². The van der Waals surface area contributed by atoms with Gasteiger partial charge in [0.05, 0.1) is 34.8 Å². The number of para-hydroxylation sites is 1. The fraction of sp³-hybridized carbons (Fsp3) is 0.304. The molecule has 0 bridgehead atoms. The summed E-state index contributed by atoms with van der Waals surface area (Å²) in [5.74, 6) is 1.60. The predicted molar refractivity (Wildman–Crippen MR) is 130 cm³/mol. The molecule has 176 valence electrons. The average molecular weight is 490 g/mol. The second-order valence-electron chi connectivity index (χ2n) is 7.21. The standard InChI is InChI=1S/C23H27N3O5S2/c1-5-26(18-9-7-6-8-10-18)33(28,29)19-11-12-22(30-4)21(13-19)24-23(27)15-32-14-20-16(2)25-31-17(20)3/h6-13H,5,14-15H2,1-4H3,(H,24,27). The van der Waals surface area contributed by atoms with E-state index >= 15 is 0 Å². The van der Waals surface area contributed by atoms with E-state index in [1.165, 1.54) is 35.3 Å². The molecule has 0 fully saturated rings. The Kier molecular flexibility index (Phi) is 8.04. The average Bonchev–Trinajstić information content (AvgIpc) is 3.12. The first-order valence-electron chi connectivity index (χ1n) is 10.3. The Bertz CT molecular complexity index is 1190. The van der Waals surface area contributed by atoms with Crippen LogP contribution in [0.3, 0.4) is 0 Å². The molecule has 1 aromatic heterocycles. The molecule has 0 radical (unpaired) electrons. The van der Waals surface area contributed by atoms with E-state index in [4.69, 9.17) is 9.26 Å². The Balaban J connectivity index is 1.76. The van der Waals surface area contributed by atoms with Crippen LogP contribution in [-0.4, -0.2) is 38.9 Å². The van der Waals surface area contributed by atoms with E-state index in [1.54, 1.807) is 37.3 Å². The molecule has 0 saturated carbocycles. The molecule has 0 saturated heterocycles. The SMILES string of the molecule is CCN(c1ccccc1)S(=O)(=O)c1ccc(OC)c(NC(=O)CSCc2c(C)noc2C)c1. The zero-order chi connectivity index (χ0) is 24.0. The van der Waals surface area contributed by atoms with Crippen molar-refractivity contribution in [1.82, 2.24) is 5.16 Å². The predicted octanol–water partition coefficient (Wildman–Crippen LogP) is 4.39. The summed E-state index contributed by atoms with van der Waals surface area (Å²) in [5.41, 5.74) is 2.64. The number of hydrogen-bond donors (Lipinski definition) is 1. The molecule has 33 heavy (non-hydrogen) atoms. The molecule has 1 amide bonds. The molecular weight excluding hydrogens is 462 g/mol. The van der Waals surface area contributed by atoms with Gasteiger partial charge in [0, 0.05) is 17.9 Å². The first-order valence-corrected chi connectivity index (χ1v) is 12.9. The van der Waals surface area contributed by atoms with Crippen molar-refractivity contribution < 1.29 is 22.5 Å². The maximum atomic E-state index is 13.3.